The van der Waals surface area contributed by atoms with E-state index in [1.165, 1.54) is 32.9 Å². The van der Waals surface area contributed by atoms with Gasteiger partial charge in [0, 0.05) is 6.04 Å². The summed E-state index contributed by atoms with van der Waals surface area (Å²) in [6, 6.07) is 0.795. The van der Waals surface area contributed by atoms with Crippen LogP contribution in [0.5, 0.6) is 0 Å². The maximum absolute atomic E-state index is 4.50. The maximum Gasteiger partial charge on any atom is 0.00958 e. The summed E-state index contributed by atoms with van der Waals surface area (Å²) in [5.41, 5.74) is 4.50. The van der Waals surface area contributed by atoms with E-state index < -0.39 is 0 Å². The molecule has 0 bridgehead atoms. The van der Waals surface area contributed by atoms with E-state index in [1.807, 2.05) is 0 Å². The third-order valence-corrected chi connectivity index (χ3v) is 3.93. The summed E-state index contributed by atoms with van der Waals surface area (Å²) < 4.78 is 0. The first kappa shape index (κ1) is 14.9. The van der Waals surface area contributed by atoms with Crippen molar-refractivity contribution in [3.05, 3.63) is 0 Å². The number of hydrogen-bond acceptors (Lipinski definition) is 2. The van der Waals surface area contributed by atoms with Crippen LogP contribution in [0.4, 0.5) is 0 Å². The van der Waals surface area contributed by atoms with Crippen LogP contribution >= 0.6 is 0 Å². The zero-order valence-corrected chi connectivity index (χ0v) is 11.2. The Morgan fingerprint density at radius 1 is 1.27 bits per heavy atom. The van der Waals surface area contributed by atoms with Crippen molar-refractivity contribution >= 4 is 0 Å². The SMILES string of the molecule is CC[C@H](C)[C@@H](C)CC1NCC[C@@H]1C.CN. The summed E-state index contributed by atoms with van der Waals surface area (Å²) >= 11 is 0. The van der Waals surface area contributed by atoms with Crippen molar-refractivity contribution in [2.45, 2.75) is 53.0 Å². The Morgan fingerprint density at radius 3 is 2.27 bits per heavy atom. The molecule has 2 heteroatoms. The fraction of sp³-hybridized carbons (Fsp3) is 1.00. The van der Waals surface area contributed by atoms with Crippen LogP contribution < -0.4 is 11.1 Å². The Bertz CT molecular complexity index is 147. The van der Waals surface area contributed by atoms with Gasteiger partial charge in [0.15, 0.2) is 0 Å². The molecule has 0 aromatic rings. The van der Waals surface area contributed by atoms with Crippen LogP contribution in [0.2, 0.25) is 0 Å². The smallest absolute Gasteiger partial charge is 0.00958 e. The Labute approximate surface area is 96.0 Å². The van der Waals surface area contributed by atoms with Gasteiger partial charge >= 0.3 is 0 Å². The molecular weight excluding hydrogens is 184 g/mol. The molecule has 0 spiro atoms. The molecule has 0 aromatic carbocycles. The van der Waals surface area contributed by atoms with E-state index in [1.54, 1.807) is 0 Å². The fourth-order valence-electron chi connectivity index (χ4n) is 2.25. The molecule has 0 saturated carbocycles. The molecule has 0 aliphatic carbocycles. The molecule has 0 aromatic heterocycles. The van der Waals surface area contributed by atoms with Crippen LogP contribution in [-0.4, -0.2) is 19.6 Å². The summed E-state index contributed by atoms with van der Waals surface area (Å²) in [6.07, 6.45) is 4.07. The van der Waals surface area contributed by atoms with E-state index in [2.05, 4.69) is 38.7 Å². The Balaban J connectivity index is 0.000000921. The molecule has 15 heavy (non-hydrogen) atoms. The number of hydrogen-bond donors (Lipinski definition) is 2. The molecular formula is C13H30N2. The predicted octanol–water partition coefficient (Wildman–Crippen LogP) is 2.63. The van der Waals surface area contributed by atoms with Crippen LogP contribution in [0.3, 0.4) is 0 Å². The number of rotatable bonds is 4. The highest BCUT2D eigenvalue weighted by molar-refractivity contribution is 4.82. The van der Waals surface area contributed by atoms with Gasteiger partial charge in [0.05, 0.1) is 0 Å². The van der Waals surface area contributed by atoms with Crippen molar-refractivity contribution in [3.63, 3.8) is 0 Å². The molecule has 1 unspecified atom stereocenters. The highest BCUT2D eigenvalue weighted by atomic mass is 14.9. The zero-order valence-electron chi connectivity index (χ0n) is 11.2. The summed E-state index contributed by atoms with van der Waals surface area (Å²) in [5, 5.41) is 3.62. The van der Waals surface area contributed by atoms with E-state index in [-0.39, 0.29) is 0 Å². The maximum atomic E-state index is 4.50. The van der Waals surface area contributed by atoms with Crippen molar-refractivity contribution in [2.24, 2.45) is 23.5 Å². The molecule has 1 heterocycles. The van der Waals surface area contributed by atoms with Crippen molar-refractivity contribution < 1.29 is 0 Å². The Hall–Kier alpha value is -0.0800. The topological polar surface area (TPSA) is 38.0 Å². The number of nitrogens with one attached hydrogen (secondary N) is 1. The van der Waals surface area contributed by atoms with Crippen LogP contribution in [-0.2, 0) is 0 Å². The Morgan fingerprint density at radius 2 is 1.87 bits per heavy atom. The third-order valence-electron chi connectivity index (χ3n) is 3.93. The average Bonchev–Trinajstić information content (AvgIpc) is 2.66. The lowest BCUT2D eigenvalue weighted by Crippen LogP contribution is -2.29. The summed E-state index contributed by atoms with van der Waals surface area (Å²) in [5.74, 6) is 2.66. The van der Waals surface area contributed by atoms with Crippen LogP contribution in [0.25, 0.3) is 0 Å². The van der Waals surface area contributed by atoms with Gasteiger partial charge in [-0.1, -0.05) is 34.1 Å². The lowest BCUT2D eigenvalue weighted by atomic mass is 9.85. The zero-order chi connectivity index (χ0) is 11.8. The second-order valence-corrected chi connectivity index (χ2v) is 4.93. The number of nitrogens with two attached hydrogens (primary N) is 1. The summed E-state index contributed by atoms with van der Waals surface area (Å²) in [6.45, 7) is 10.7. The van der Waals surface area contributed by atoms with Gasteiger partial charge in [0.2, 0.25) is 0 Å². The lowest BCUT2D eigenvalue weighted by Gasteiger charge is -2.24. The third kappa shape index (κ3) is 4.98. The van der Waals surface area contributed by atoms with Crippen molar-refractivity contribution in [1.29, 1.82) is 0 Å². The van der Waals surface area contributed by atoms with E-state index in [0.29, 0.717) is 0 Å². The molecule has 92 valence electrons. The molecule has 1 fully saturated rings. The lowest BCUT2D eigenvalue weighted by molar-refractivity contribution is 0.297. The first-order chi connectivity index (χ1) is 7.15. The minimum absolute atomic E-state index is 0.795. The Kier molecular flexibility index (Phi) is 8.07. The van der Waals surface area contributed by atoms with E-state index in [9.17, 15) is 0 Å². The molecule has 1 aliphatic rings. The molecule has 2 nitrogen and oxygen atoms in total. The van der Waals surface area contributed by atoms with Gasteiger partial charge in [-0.05, 0) is 44.2 Å². The highest BCUT2D eigenvalue weighted by Crippen LogP contribution is 2.25. The van der Waals surface area contributed by atoms with Gasteiger partial charge in [0.1, 0.15) is 0 Å². The highest BCUT2D eigenvalue weighted by Gasteiger charge is 2.25. The summed E-state index contributed by atoms with van der Waals surface area (Å²) in [4.78, 5) is 0. The van der Waals surface area contributed by atoms with Crippen LogP contribution in [0, 0.1) is 17.8 Å². The fourth-order valence-corrected chi connectivity index (χ4v) is 2.25. The van der Waals surface area contributed by atoms with Crippen molar-refractivity contribution in [1.82, 2.24) is 5.32 Å². The molecule has 1 saturated heterocycles. The van der Waals surface area contributed by atoms with E-state index >= 15 is 0 Å². The molecule has 0 amide bonds. The standard InChI is InChI=1S/C12H25N.CH5N/c1-5-9(2)11(4)8-12-10(3)6-7-13-12;1-2/h9-13H,5-8H2,1-4H3;2H2,1H3/t9-,10-,11-,12?;/m0./s1. The first-order valence-corrected chi connectivity index (χ1v) is 6.46. The van der Waals surface area contributed by atoms with Gasteiger partial charge < -0.3 is 11.1 Å². The van der Waals surface area contributed by atoms with Gasteiger partial charge in [0.25, 0.3) is 0 Å². The van der Waals surface area contributed by atoms with Crippen molar-refractivity contribution in [2.75, 3.05) is 13.6 Å². The quantitative estimate of drug-likeness (QED) is 0.755. The molecule has 1 aliphatic heterocycles. The van der Waals surface area contributed by atoms with Gasteiger partial charge in [-0.15, -0.1) is 0 Å². The average molecular weight is 214 g/mol. The minimum Gasteiger partial charge on any atom is -0.333 e. The van der Waals surface area contributed by atoms with Crippen LogP contribution in [0.1, 0.15) is 47.0 Å². The van der Waals surface area contributed by atoms with E-state index in [4.69, 9.17) is 0 Å². The second kappa shape index (κ2) is 8.12. The molecule has 0 radical (unpaired) electrons. The summed E-state index contributed by atoms with van der Waals surface area (Å²) in [7, 11) is 1.50. The normalized spacial score (nSPS) is 29.2. The second-order valence-electron chi connectivity index (χ2n) is 4.93. The molecule has 4 atom stereocenters. The predicted molar refractivity (Wildman–Crippen MR) is 68.9 cm³/mol. The van der Waals surface area contributed by atoms with Gasteiger partial charge in [-0.2, -0.15) is 0 Å². The molecule has 3 N–H and O–H groups in total. The van der Waals surface area contributed by atoms with E-state index in [0.717, 1.165) is 23.8 Å². The van der Waals surface area contributed by atoms with Gasteiger partial charge in [-0.3, -0.25) is 0 Å². The van der Waals surface area contributed by atoms with Gasteiger partial charge in [-0.25, -0.2) is 0 Å². The largest absolute Gasteiger partial charge is 0.333 e. The first-order valence-electron chi connectivity index (χ1n) is 6.46. The van der Waals surface area contributed by atoms with Crippen molar-refractivity contribution in [3.8, 4) is 0 Å². The monoisotopic (exact) mass is 214 g/mol. The minimum atomic E-state index is 0.795. The molecule has 1 rings (SSSR count). The van der Waals surface area contributed by atoms with Crippen LogP contribution in [0.15, 0.2) is 0 Å².